The topological polar surface area (TPSA) is 37.4 Å². The van der Waals surface area contributed by atoms with E-state index in [0.29, 0.717) is 10.0 Å². The minimum atomic E-state index is -0.480. The van der Waals surface area contributed by atoms with Gasteiger partial charge in [0.2, 0.25) is 5.91 Å². The third kappa shape index (κ3) is 5.02. The van der Waals surface area contributed by atoms with Gasteiger partial charge in [0.15, 0.2) is 5.12 Å². The van der Waals surface area contributed by atoms with Crippen LogP contribution < -0.4 is 4.90 Å². The van der Waals surface area contributed by atoms with Crippen LogP contribution in [-0.2, 0) is 9.59 Å². The lowest BCUT2D eigenvalue weighted by Crippen LogP contribution is -2.39. The van der Waals surface area contributed by atoms with Crippen LogP contribution in [0.4, 0.5) is 5.69 Å². The Kier molecular flexibility index (Phi) is 6.49. The molecular formula is C21H27Cl2NO2S. The molecule has 0 radical (unpaired) electrons. The maximum Gasteiger partial charge on any atom is 0.230 e. The van der Waals surface area contributed by atoms with Crippen molar-refractivity contribution in [2.24, 2.45) is 11.3 Å². The summed E-state index contributed by atoms with van der Waals surface area (Å²) in [6, 6.07) is 3.71. The molecule has 2 aliphatic carbocycles. The van der Waals surface area contributed by atoms with E-state index in [4.69, 9.17) is 23.2 Å². The molecule has 1 amide bonds. The van der Waals surface area contributed by atoms with Gasteiger partial charge in [0, 0.05) is 22.3 Å². The number of rotatable bonds is 4. The van der Waals surface area contributed by atoms with Crippen LogP contribution in [0.5, 0.6) is 0 Å². The van der Waals surface area contributed by atoms with E-state index >= 15 is 0 Å². The SMILES string of the molecule is CC(C)(C)C(=O)Sc1cc(Cl)c(Cl)cc1N(C(=O)C1CCCCC1)C1CC1. The highest BCUT2D eigenvalue weighted by Crippen LogP contribution is 2.44. The molecule has 2 saturated carbocycles. The Balaban J connectivity index is 1.97. The summed E-state index contributed by atoms with van der Waals surface area (Å²) < 4.78 is 0. The second-order valence-electron chi connectivity index (χ2n) is 8.65. The zero-order chi connectivity index (χ0) is 19.8. The highest BCUT2D eigenvalue weighted by Gasteiger charge is 2.39. The quantitative estimate of drug-likeness (QED) is 0.499. The molecule has 0 N–H and O–H groups in total. The average Bonchev–Trinajstić information content (AvgIpc) is 3.44. The third-order valence-electron chi connectivity index (χ3n) is 5.18. The van der Waals surface area contributed by atoms with Crippen molar-refractivity contribution in [1.82, 2.24) is 0 Å². The molecule has 1 aromatic carbocycles. The number of amides is 1. The van der Waals surface area contributed by atoms with Gasteiger partial charge in [-0.2, -0.15) is 0 Å². The summed E-state index contributed by atoms with van der Waals surface area (Å²) in [7, 11) is 0. The smallest absolute Gasteiger partial charge is 0.230 e. The van der Waals surface area contributed by atoms with Crippen LogP contribution in [-0.4, -0.2) is 17.1 Å². The van der Waals surface area contributed by atoms with Crippen LogP contribution in [0.3, 0.4) is 0 Å². The zero-order valence-electron chi connectivity index (χ0n) is 16.2. The molecule has 0 spiro atoms. The van der Waals surface area contributed by atoms with Gasteiger partial charge in [-0.1, -0.05) is 63.2 Å². The summed E-state index contributed by atoms with van der Waals surface area (Å²) in [5.74, 6) is 0.255. The lowest BCUT2D eigenvalue weighted by molar-refractivity contribution is -0.123. The molecule has 0 aromatic heterocycles. The molecule has 2 fully saturated rings. The molecule has 2 aliphatic rings. The van der Waals surface area contributed by atoms with E-state index < -0.39 is 5.41 Å². The van der Waals surface area contributed by atoms with Crippen LogP contribution in [0.25, 0.3) is 0 Å². The first-order valence-electron chi connectivity index (χ1n) is 9.73. The molecule has 6 heteroatoms. The molecule has 0 saturated heterocycles. The van der Waals surface area contributed by atoms with E-state index in [2.05, 4.69) is 0 Å². The van der Waals surface area contributed by atoms with Gasteiger partial charge in [-0.15, -0.1) is 0 Å². The number of hydrogen-bond acceptors (Lipinski definition) is 3. The predicted molar refractivity (Wildman–Crippen MR) is 114 cm³/mol. The fraction of sp³-hybridized carbons (Fsp3) is 0.619. The Bertz CT molecular complexity index is 734. The summed E-state index contributed by atoms with van der Waals surface area (Å²) in [4.78, 5) is 28.6. The van der Waals surface area contributed by atoms with Gasteiger partial charge >= 0.3 is 0 Å². The lowest BCUT2D eigenvalue weighted by Gasteiger charge is -2.31. The number of carbonyl (C=O) groups excluding carboxylic acids is 2. The van der Waals surface area contributed by atoms with Gasteiger partial charge < -0.3 is 4.90 Å². The van der Waals surface area contributed by atoms with Gasteiger partial charge in [0.05, 0.1) is 15.7 Å². The largest absolute Gasteiger partial charge is 0.308 e. The third-order valence-corrected chi connectivity index (χ3v) is 7.25. The summed E-state index contributed by atoms with van der Waals surface area (Å²) in [6.07, 6.45) is 7.33. The molecular weight excluding hydrogens is 401 g/mol. The molecule has 0 aliphatic heterocycles. The van der Waals surface area contributed by atoms with Crippen molar-refractivity contribution >= 4 is 51.7 Å². The minimum absolute atomic E-state index is 0.0444. The Morgan fingerprint density at radius 2 is 1.59 bits per heavy atom. The fourth-order valence-corrected chi connectivity index (χ4v) is 4.75. The van der Waals surface area contributed by atoms with Crippen LogP contribution >= 0.6 is 35.0 Å². The molecule has 0 unspecified atom stereocenters. The fourth-order valence-electron chi connectivity index (χ4n) is 3.42. The van der Waals surface area contributed by atoms with E-state index in [1.165, 1.54) is 6.42 Å². The highest BCUT2D eigenvalue weighted by atomic mass is 35.5. The molecule has 1 aromatic rings. The van der Waals surface area contributed by atoms with Gasteiger partial charge in [-0.25, -0.2) is 0 Å². The minimum Gasteiger partial charge on any atom is -0.308 e. The number of thioether (sulfide) groups is 1. The van der Waals surface area contributed by atoms with Crippen molar-refractivity contribution in [2.75, 3.05) is 4.90 Å². The van der Waals surface area contributed by atoms with Crippen LogP contribution in [0.2, 0.25) is 10.0 Å². The van der Waals surface area contributed by atoms with Crippen molar-refractivity contribution in [3.05, 3.63) is 22.2 Å². The van der Waals surface area contributed by atoms with Crippen molar-refractivity contribution in [1.29, 1.82) is 0 Å². The highest BCUT2D eigenvalue weighted by molar-refractivity contribution is 8.13. The Morgan fingerprint density at radius 1 is 1.00 bits per heavy atom. The second-order valence-corrected chi connectivity index (χ2v) is 10.5. The zero-order valence-corrected chi connectivity index (χ0v) is 18.5. The van der Waals surface area contributed by atoms with Crippen molar-refractivity contribution < 1.29 is 9.59 Å². The van der Waals surface area contributed by atoms with Gasteiger partial charge in [0.25, 0.3) is 0 Å². The first-order chi connectivity index (χ1) is 12.7. The van der Waals surface area contributed by atoms with Crippen molar-refractivity contribution in [2.45, 2.75) is 76.7 Å². The van der Waals surface area contributed by atoms with Crippen molar-refractivity contribution in [3.8, 4) is 0 Å². The summed E-state index contributed by atoms with van der Waals surface area (Å²) in [5, 5.41) is 0.870. The van der Waals surface area contributed by atoms with Crippen molar-refractivity contribution in [3.63, 3.8) is 0 Å². The summed E-state index contributed by atoms with van der Waals surface area (Å²) in [6.45, 7) is 5.68. The lowest BCUT2D eigenvalue weighted by atomic mass is 9.88. The second kappa shape index (κ2) is 8.34. The van der Waals surface area contributed by atoms with Crippen LogP contribution in [0.15, 0.2) is 17.0 Å². The number of benzene rings is 1. The molecule has 27 heavy (non-hydrogen) atoms. The number of hydrogen-bond donors (Lipinski definition) is 0. The molecule has 0 bridgehead atoms. The van der Waals surface area contributed by atoms with Crippen LogP contribution in [0, 0.1) is 11.3 Å². The maximum absolute atomic E-state index is 13.4. The number of carbonyl (C=O) groups is 2. The van der Waals surface area contributed by atoms with Gasteiger partial charge in [-0.3, -0.25) is 9.59 Å². The Labute approximate surface area is 176 Å². The predicted octanol–water partition coefficient (Wildman–Crippen LogP) is 6.73. The number of anilines is 1. The first kappa shape index (κ1) is 21.0. The molecule has 0 atom stereocenters. The first-order valence-corrected chi connectivity index (χ1v) is 11.3. The Morgan fingerprint density at radius 3 is 2.15 bits per heavy atom. The number of halogens is 2. The monoisotopic (exact) mass is 427 g/mol. The van der Waals surface area contributed by atoms with E-state index in [1.54, 1.807) is 12.1 Å². The summed E-state index contributed by atoms with van der Waals surface area (Å²) >= 11 is 13.7. The Hall–Kier alpha value is -0.710. The van der Waals surface area contributed by atoms with E-state index in [9.17, 15) is 9.59 Å². The van der Waals surface area contributed by atoms with Crippen LogP contribution in [0.1, 0.15) is 65.7 Å². The number of nitrogens with zero attached hydrogens (tertiary/aromatic N) is 1. The molecule has 148 valence electrons. The normalized spacial score (nSPS) is 18.4. The molecule has 0 heterocycles. The molecule has 3 rings (SSSR count). The molecule has 3 nitrogen and oxygen atoms in total. The van der Waals surface area contributed by atoms with E-state index in [-0.39, 0.29) is 23.0 Å². The van der Waals surface area contributed by atoms with E-state index in [0.717, 1.165) is 60.9 Å². The average molecular weight is 428 g/mol. The standard InChI is InChI=1S/C21H27Cl2NO2S/c1-21(2,3)20(26)27-18-12-16(23)15(22)11-17(18)24(14-9-10-14)19(25)13-7-5-4-6-8-13/h11-14H,4-10H2,1-3H3. The maximum atomic E-state index is 13.4. The van der Waals surface area contributed by atoms with Gasteiger partial charge in [-0.05, 0) is 49.6 Å². The summed E-state index contributed by atoms with van der Waals surface area (Å²) in [5.41, 5.74) is 0.260. The van der Waals surface area contributed by atoms with Gasteiger partial charge in [0.1, 0.15) is 0 Å². The van der Waals surface area contributed by atoms with E-state index in [1.807, 2.05) is 25.7 Å².